The maximum Gasteiger partial charge on any atom is 0.321 e. The lowest BCUT2D eigenvalue weighted by Gasteiger charge is -2.20. The van der Waals surface area contributed by atoms with Crippen molar-refractivity contribution in [3.05, 3.63) is 34.9 Å². The molecule has 0 aromatic heterocycles. The Labute approximate surface area is 104 Å². The molecule has 4 nitrogen and oxygen atoms in total. The van der Waals surface area contributed by atoms with Gasteiger partial charge in [-0.15, -0.1) is 0 Å². The SMILES string of the molecule is O=C1CC(C(=O)O)N(Cc2ccccc2Cl)C1. The summed E-state index contributed by atoms with van der Waals surface area (Å²) in [5, 5.41) is 9.62. The summed E-state index contributed by atoms with van der Waals surface area (Å²) in [6.45, 7) is 0.574. The summed E-state index contributed by atoms with van der Waals surface area (Å²) >= 11 is 6.01. The summed E-state index contributed by atoms with van der Waals surface area (Å²) in [5.41, 5.74) is 0.843. The Morgan fingerprint density at radius 3 is 2.82 bits per heavy atom. The molecule has 1 aliphatic rings. The Balaban J connectivity index is 2.15. The highest BCUT2D eigenvalue weighted by atomic mass is 35.5. The van der Waals surface area contributed by atoms with Crippen molar-refractivity contribution in [1.82, 2.24) is 4.90 Å². The molecule has 0 bridgehead atoms. The zero-order valence-corrected chi connectivity index (χ0v) is 9.85. The van der Waals surface area contributed by atoms with Gasteiger partial charge in [0.15, 0.2) is 0 Å². The van der Waals surface area contributed by atoms with E-state index >= 15 is 0 Å². The molecule has 1 N–H and O–H groups in total. The normalized spacial score (nSPS) is 20.8. The van der Waals surface area contributed by atoms with Crippen LogP contribution in [-0.4, -0.2) is 34.3 Å². The van der Waals surface area contributed by atoms with Crippen molar-refractivity contribution >= 4 is 23.4 Å². The van der Waals surface area contributed by atoms with Crippen LogP contribution in [0.25, 0.3) is 0 Å². The van der Waals surface area contributed by atoms with Crippen LogP contribution < -0.4 is 0 Å². The van der Waals surface area contributed by atoms with Gasteiger partial charge in [-0.3, -0.25) is 14.5 Å². The lowest BCUT2D eigenvalue weighted by molar-refractivity contribution is -0.142. The molecular weight excluding hydrogens is 242 g/mol. The molecule has 90 valence electrons. The minimum atomic E-state index is -0.956. The second kappa shape index (κ2) is 4.85. The average Bonchev–Trinajstić information content (AvgIpc) is 2.63. The molecule has 1 aromatic rings. The van der Waals surface area contributed by atoms with Crippen LogP contribution in [0, 0.1) is 0 Å². The first-order valence-corrected chi connectivity index (χ1v) is 5.67. The molecule has 1 saturated heterocycles. The summed E-state index contributed by atoms with van der Waals surface area (Å²) < 4.78 is 0. The second-order valence-corrected chi connectivity index (χ2v) is 4.50. The molecule has 17 heavy (non-hydrogen) atoms. The van der Waals surface area contributed by atoms with Gasteiger partial charge in [0, 0.05) is 18.0 Å². The number of rotatable bonds is 3. The summed E-state index contributed by atoms with van der Waals surface area (Å²) in [7, 11) is 0. The summed E-state index contributed by atoms with van der Waals surface area (Å²) in [6.07, 6.45) is 0.0831. The third-order valence-electron chi connectivity index (χ3n) is 2.86. The molecule has 1 aliphatic heterocycles. The molecule has 1 atom stereocenters. The maximum atomic E-state index is 11.3. The molecule has 0 radical (unpaired) electrons. The number of benzene rings is 1. The van der Waals surface area contributed by atoms with Gasteiger partial charge in [0.05, 0.1) is 6.54 Å². The molecule has 1 heterocycles. The van der Waals surface area contributed by atoms with Crippen molar-refractivity contribution in [3.63, 3.8) is 0 Å². The van der Waals surface area contributed by atoms with Crippen LogP contribution in [0.2, 0.25) is 5.02 Å². The lowest BCUT2D eigenvalue weighted by atomic mass is 10.2. The molecule has 0 amide bonds. The van der Waals surface area contributed by atoms with E-state index in [9.17, 15) is 9.59 Å². The van der Waals surface area contributed by atoms with E-state index in [2.05, 4.69) is 0 Å². The zero-order valence-electron chi connectivity index (χ0n) is 9.10. The Morgan fingerprint density at radius 2 is 2.18 bits per heavy atom. The van der Waals surface area contributed by atoms with Crippen molar-refractivity contribution in [3.8, 4) is 0 Å². The van der Waals surface area contributed by atoms with Crippen molar-refractivity contribution in [2.75, 3.05) is 6.54 Å². The molecule has 0 aliphatic carbocycles. The summed E-state index contributed by atoms with van der Waals surface area (Å²) in [4.78, 5) is 24.0. The maximum absolute atomic E-state index is 11.3. The van der Waals surface area contributed by atoms with Gasteiger partial charge in [0.2, 0.25) is 0 Å². The Kier molecular flexibility index (Phi) is 3.45. The van der Waals surface area contributed by atoms with Crippen LogP contribution in [-0.2, 0) is 16.1 Å². The van der Waals surface area contributed by atoms with Crippen molar-refractivity contribution in [2.24, 2.45) is 0 Å². The van der Waals surface area contributed by atoms with E-state index < -0.39 is 12.0 Å². The third kappa shape index (κ3) is 2.65. The standard InChI is InChI=1S/C12H12ClNO3/c13-10-4-2-1-3-8(10)6-14-7-9(15)5-11(14)12(16)17/h1-4,11H,5-7H2,(H,16,17). The average molecular weight is 254 g/mol. The van der Waals surface area contributed by atoms with Crippen molar-refractivity contribution in [1.29, 1.82) is 0 Å². The number of carbonyl (C=O) groups is 2. The molecular formula is C12H12ClNO3. The van der Waals surface area contributed by atoms with Crippen molar-refractivity contribution in [2.45, 2.75) is 19.0 Å². The fourth-order valence-electron chi connectivity index (χ4n) is 2.00. The number of Topliss-reactive ketones (excluding diaryl/α,β-unsaturated/α-hetero) is 1. The minimum absolute atomic E-state index is 0.0375. The van der Waals surface area contributed by atoms with Gasteiger partial charge in [-0.1, -0.05) is 29.8 Å². The number of carboxylic acids is 1. The Hall–Kier alpha value is -1.39. The second-order valence-electron chi connectivity index (χ2n) is 4.09. The molecule has 0 spiro atoms. The van der Waals surface area contributed by atoms with E-state index in [1.165, 1.54) is 0 Å². The van der Waals surface area contributed by atoms with Gasteiger partial charge in [-0.2, -0.15) is 0 Å². The predicted octanol–water partition coefficient (Wildman–Crippen LogP) is 1.57. The first-order valence-electron chi connectivity index (χ1n) is 5.30. The van der Waals surface area contributed by atoms with Gasteiger partial charge in [0.25, 0.3) is 0 Å². The number of halogens is 1. The van der Waals surface area contributed by atoms with Gasteiger partial charge in [0.1, 0.15) is 11.8 Å². The van der Waals surface area contributed by atoms with Crippen molar-refractivity contribution < 1.29 is 14.7 Å². The largest absolute Gasteiger partial charge is 0.480 e. The highest BCUT2D eigenvalue weighted by molar-refractivity contribution is 6.31. The number of ketones is 1. The number of carbonyl (C=O) groups excluding carboxylic acids is 1. The van der Waals surface area contributed by atoms with Gasteiger partial charge < -0.3 is 5.11 Å². The summed E-state index contributed by atoms with van der Waals surface area (Å²) in [6, 6.07) is 6.53. The van der Waals surface area contributed by atoms with E-state index in [0.717, 1.165) is 5.56 Å². The quantitative estimate of drug-likeness (QED) is 0.888. The minimum Gasteiger partial charge on any atom is -0.480 e. The van der Waals surface area contributed by atoms with Gasteiger partial charge >= 0.3 is 5.97 Å². The van der Waals surface area contributed by atoms with Crippen LogP contribution >= 0.6 is 11.6 Å². The van der Waals surface area contributed by atoms with E-state index in [-0.39, 0.29) is 18.7 Å². The van der Waals surface area contributed by atoms with E-state index in [1.807, 2.05) is 18.2 Å². The van der Waals surface area contributed by atoms with E-state index in [1.54, 1.807) is 11.0 Å². The van der Waals surface area contributed by atoms with Gasteiger partial charge in [-0.25, -0.2) is 0 Å². The molecule has 1 unspecified atom stereocenters. The van der Waals surface area contributed by atoms with Crippen LogP contribution in [0.1, 0.15) is 12.0 Å². The molecule has 5 heteroatoms. The monoisotopic (exact) mass is 253 g/mol. The number of aliphatic carboxylic acids is 1. The summed E-state index contributed by atoms with van der Waals surface area (Å²) in [5.74, 6) is -0.993. The van der Waals surface area contributed by atoms with Gasteiger partial charge in [-0.05, 0) is 11.6 Å². The highest BCUT2D eigenvalue weighted by Crippen LogP contribution is 2.22. The molecule has 0 saturated carbocycles. The van der Waals surface area contributed by atoms with E-state index in [4.69, 9.17) is 16.7 Å². The third-order valence-corrected chi connectivity index (χ3v) is 3.23. The first-order chi connectivity index (χ1) is 8.08. The number of hydrogen-bond acceptors (Lipinski definition) is 3. The fourth-order valence-corrected chi connectivity index (χ4v) is 2.20. The zero-order chi connectivity index (χ0) is 12.4. The lowest BCUT2D eigenvalue weighted by Crippen LogP contribution is -2.35. The van der Waals surface area contributed by atoms with Crippen LogP contribution in [0.5, 0.6) is 0 Å². The first kappa shape index (κ1) is 12.1. The smallest absolute Gasteiger partial charge is 0.321 e. The highest BCUT2D eigenvalue weighted by Gasteiger charge is 2.35. The molecule has 1 aromatic carbocycles. The topological polar surface area (TPSA) is 57.6 Å². The molecule has 1 fully saturated rings. The number of hydrogen-bond donors (Lipinski definition) is 1. The molecule has 2 rings (SSSR count). The van der Waals surface area contributed by atoms with Crippen LogP contribution in [0.3, 0.4) is 0 Å². The fraction of sp³-hybridized carbons (Fsp3) is 0.333. The van der Waals surface area contributed by atoms with Crippen LogP contribution in [0.15, 0.2) is 24.3 Å². The Bertz CT molecular complexity index is 461. The number of likely N-dealkylation sites (tertiary alicyclic amines) is 1. The predicted molar refractivity (Wildman–Crippen MR) is 62.9 cm³/mol. The number of nitrogens with zero attached hydrogens (tertiary/aromatic N) is 1. The number of carboxylic acid groups (broad SMARTS) is 1. The van der Waals surface area contributed by atoms with E-state index in [0.29, 0.717) is 11.6 Å². The Morgan fingerprint density at radius 1 is 1.47 bits per heavy atom. The van der Waals surface area contributed by atoms with Crippen LogP contribution in [0.4, 0.5) is 0 Å².